The van der Waals surface area contributed by atoms with Crippen LogP contribution in [0.25, 0.3) is 0 Å². The van der Waals surface area contributed by atoms with Crippen LogP contribution in [0, 0.1) is 5.41 Å². The molecular formula is C11H18O3. The van der Waals surface area contributed by atoms with Gasteiger partial charge in [0.05, 0.1) is 0 Å². The first-order valence-corrected chi connectivity index (χ1v) is 4.59. The summed E-state index contributed by atoms with van der Waals surface area (Å²) in [5, 5.41) is 8.83. The topological polar surface area (TPSA) is 54.4 Å². The predicted octanol–water partition coefficient (Wildman–Crippen LogP) is 2.41. The van der Waals surface area contributed by atoms with Gasteiger partial charge in [-0.3, -0.25) is 9.59 Å². The van der Waals surface area contributed by atoms with E-state index in [4.69, 9.17) is 5.11 Å². The van der Waals surface area contributed by atoms with Gasteiger partial charge in [-0.15, -0.1) is 0 Å². The van der Waals surface area contributed by atoms with Crippen molar-refractivity contribution in [2.45, 2.75) is 41.0 Å². The second-order valence-electron chi connectivity index (χ2n) is 4.31. The van der Waals surface area contributed by atoms with E-state index in [2.05, 4.69) is 0 Å². The first-order chi connectivity index (χ1) is 6.19. The van der Waals surface area contributed by atoms with Gasteiger partial charge < -0.3 is 5.11 Å². The quantitative estimate of drug-likeness (QED) is 0.557. The Morgan fingerprint density at radius 3 is 1.86 bits per heavy atom. The van der Waals surface area contributed by atoms with E-state index in [-0.39, 0.29) is 12.2 Å². The smallest absolute Gasteiger partial charge is 0.316 e. The summed E-state index contributed by atoms with van der Waals surface area (Å²) in [4.78, 5) is 22.4. The molecule has 0 aliphatic heterocycles. The molecule has 0 spiro atoms. The van der Waals surface area contributed by atoms with Crippen molar-refractivity contribution in [3.63, 3.8) is 0 Å². The average molecular weight is 198 g/mol. The molecule has 0 rings (SSSR count). The van der Waals surface area contributed by atoms with Gasteiger partial charge >= 0.3 is 5.97 Å². The van der Waals surface area contributed by atoms with E-state index < -0.39 is 11.4 Å². The van der Waals surface area contributed by atoms with Crippen LogP contribution in [-0.4, -0.2) is 16.9 Å². The fourth-order valence-corrected chi connectivity index (χ4v) is 0.758. The van der Waals surface area contributed by atoms with Gasteiger partial charge in [-0.1, -0.05) is 11.1 Å². The van der Waals surface area contributed by atoms with Crippen molar-refractivity contribution < 1.29 is 14.7 Å². The molecule has 0 aliphatic carbocycles. The highest BCUT2D eigenvalue weighted by molar-refractivity contribution is 6.03. The highest BCUT2D eigenvalue weighted by atomic mass is 16.4. The molecule has 3 heteroatoms. The minimum atomic E-state index is -1.28. The molecule has 0 unspecified atom stereocenters. The summed E-state index contributed by atoms with van der Waals surface area (Å²) in [6.07, 6.45) is 0.224. The molecule has 0 saturated carbocycles. The first-order valence-electron chi connectivity index (χ1n) is 4.59. The molecule has 0 amide bonds. The van der Waals surface area contributed by atoms with Crippen molar-refractivity contribution in [2.75, 3.05) is 0 Å². The van der Waals surface area contributed by atoms with Crippen molar-refractivity contribution in [3.8, 4) is 0 Å². The summed E-state index contributed by atoms with van der Waals surface area (Å²) >= 11 is 0. The van der Waals surface area contributed by atoms with Gasteiger partial charge in [0.2, 0.25) is 0 Å². The summed E-state index contributed by atoms with van der Waals surface area (Å²) in [7, 11) is 0. The van der Waals surface area contributed by atoms with Crippen molar-refractivity contribution in [3.05, 3.63) is 11.1 Å². The highest BCUT2D eigenvalue weighted by Gasteiger charge is 2.35. The van der Waals surface area contributed by atoms with Gasteiger partial charge in [-0.2, -0.15) is 0 Å². The lowest BCUT2D eigenvalue weighted by molar-refractivity contribution is -0.152. The number of carboxylic acid groups (broad SMARTS) is 1. The van der Waals surface area contributed by atoms with Gasteiger partial charge in [0.1, 0.15) is 5.41 Å². The molecule has 0 radical (unpaired) electrons. The molecule has 0 aromatic heterocycles. The zero-order valence-corrected chi connectivity index (χ0v) is 9.47. The van der Waals surface area contributed by atoms with Crippen molar-refractivity contribution in [1.29, 1.82) is 0 Å². The van der Waals surface area contributed by atoms with Gasteiger partial charge in [0.15, 0.2) is 5.78 Å². The number of aliphatic carboxylic acids is 1. The molecule has 1 N–H and O–H groups in total. The number of carboxylic acids is 1. The van der Waals surface area contributed by atoms with Crippen LogP contribution in [0.4, 0.5) is 0 Å². The molecule has 3 nitrogen and oxygen atoms in total. The number of Topliss-reactive ketones (excluding diaryl/α,β-unsaturated/α-hetero) is 1. The van der Waals surface area contributed by atoms with Gasteiger partial charge in [-0.25, -0.2) is 0 Å². The van der Waals surface area contributed by atoms with E-state index in [0.717, 1.165) is 11.1 Å². The number of hydrogen-bond acceptors (Lipinski definition) is 2. The van der Waals surface area contributed by atoms with Gasteiger partial charge in [0, 0.05) is 6.42 Å². The third kappa shape index (κ3) is 2.98. The van der Waals surface area contributed by atoms with Crippen LogP contribution in [0.1, 0.15) is 41.0 Å². The molecule has 14 heavy (non-hydrogen) atoms. The highest BCUT2D eigenvalue weighted by Crippen LogP contribution is 2.22. The molecule has 0 saturated heterocycles. The lowest BCUT2D eigenvalue weighted by Gasteiger charge is -2.17. The van der Waals surface area contributed by atoms with E-state index in [1.54, 1.807) is 0 Å². The Hall–Kier alpha value is -1.12. The number of ketones is 1. The van der Waals surface area contributed by atoms with Crippen LogP contribution < -0.4 is 0 Å². The summed E-state index contributed by atoms with van der Waals surface area (Å²) in [5.74, 6) is -1.31. The van der Waals surface area contributed by atoms with E-state index in [1.165, 1.54) is 13.8 Å². The van der Waals surface area contributed by atoms with E-state index in [9.17, 15) is 9.59 Å². The Balaban J connectivity index is 4.68. The van der Waals surface area contributed by atoms with E-state index >= 15 is 0 Å². The second-order valence-corrected chi connectivity index (χ2v) is 4.31. The summed E-state index contributed by atoms with van der Waals surface area (Å²) in [6.45, 7) is 8.56. The minimum absolute atomic E-state index is 0.224. The van der Waals surface area contributed by atoms with Crippen LogP contribution in [0.3, 0.4) is 0 Å². The van der Waals surface area contributed by atoms with Gasteiger partial charge in [-0.05, 0) is 34.6 Å². The molecular weight excluding hydrogens is 180 g/mol. The minimum Gasteiger partial charge on any atom is -0.481 e. The van der Waals surface area contributed by atoms with Crippen LogP contribution in [-0.2, 0) is 9.59 Å². The first kappa shape index (κ1) is 12.9. The van der Waals surface area contributed by atoms with Crippen molar-refractivity contribution in [1.82, 2.24) is 0 Å². The van der Waals surface area contributed by atoms with Crippen molar-refractivity contribution >= 4 is 11.8 Å². The van der Waals surface area contributed by atoms with Crippen LogP contribution in [0.15, 0.2) is 11.1 Å². The Labute approximate surface area is 84.8 Å². The number of rotatable bonds is 4. The molecule has 80 valence electrons. The average Bonchev–Trinajstić information content (AvgIpc) is 2.03. The Morgan fingerprint density at radius 1 is 1.14 bits per heavy atom. The van der Waals surface area contributed by atoms with E-state index in [1.807, 2.05) is 20.8 Å². The Kier molecular flexibility index (Phi) is 4.05. The van der Waals surface area contributed by atoms with Crippen molar-refractivity contribution in [2.24, 2.45) is 5.41 Å². The lowest BCUT2D eigenvalue weighted by atomic mass is 9.84. The molecule has 0 aromatic rings. The summed E-state index contributed by atoms with van der Waals surface area (Å²) in [6, 6.07) is 0. The maximum absolute atomic E-state index is 11.6. The SMILES string of the molecule is CC(C)=C(C)CC(=O)C(C)(C)C(=O)O. The maximum atomic E-state index is 11.6. The third-order valence-corrected chi connectivity index (χ3v) is 2.51. The lowest BCUT2D eigenvalue weighted by Crippen LogP contribution is -2.33. The summed E-state index contributed by atoms with van der Waals surface area (Å²) < 4.78 is 0. The normalized spacial score (nSPS) is 10.9. The number of carbonyl (C=O) groups is 2. The molecule has 0 bridgehead atoms. The van der Waals surface area contributed by atoms with E-state index in [0.29, 0.717) is 0 Å². The largest absolute Gasteiger partial charge is 0.481 e. The molecule has 0 atom stereocenters. The fourth-order valence-electron chi connectivity index (χ4n) is 0.758. The third-order valence-electron chi connectivity index (χ3n) is 2.51. The zero-order valence-electron chi connectivity index (χ0n) is 9.47. The monoisotopic (exact) mass is 198 g/mol. The molecule has 0 aromatic carbocycles. The summed E-state index contributed by atoms with van der Waals surface area (Å²) in [5.41, 5.74) is 0.736. The second kappa shape index (κ2) is 4.40. The maximum Gasteiger partial charge on any atom is 0.316 e. The van der Waals surface area contributed by atoms with Crippen LogP contribution >= 0.6 is 0 Å². The fraction of sp³-hybridized carbons (Fsp3) is 0.636. The van der Waals surface area contributed by atoms with Gasteiger partial charge in [0.25, 0.3) is 0 Å². The molecule has 0 aliphatic rings. The van der Waals surface area contributed by atoms with Crippen LogP contribution in [0.2, 0.25) is 0 Å². The Bertz CT molecular complexity index is 281. The zero-order chi connectivity index (χ0) is 11.5. The molecule has 0 heterocycles. The Morgan fingerprint density at radius 2 is 1.57 bits per heavy atom. The number of allylic oxidation sites excluding steroid dienone is 2. The molecule has 0 fully saturated rings. The number of carbonyl (C=O) groups excluding carboxylic acids is 1. The predicted molar refractivity (Wildman–Crippen MR) is 55.1 cm³/mol. The van der Waals surface area contributed by atoms with Crippen LogP contribution in [0.5, 0.6) is 0 Å². The number of hydrogen-bond donors (Lipinski definition) is 1. The standard InChI is InChI=1S/C11H18O3/c1-7(2)8(3)6-9(12)11(4,5)10(13)14/h6H2,1-5H3,(H,13,14).